The van der Waals surface area contributed by atoms with Crippen molar-refractivity contribution in [1.29, 1.82) is 0 Å². The van der Waals surface area contributed by atoms with Gasteiger partial charge in [-0.2, -0.15) is 0 Å². The topological polar surface area (TPSA) is 45.2 Å². The normalized spacial score (nSPS) is 10.5. The lowest BCUT2D eigenvalue weighted by molar-refractivity contribution is 0.0945. The van der Waals surface area contributed by atoms with Crippen molar-refractivity contribution >= 4 is 17.3 Å². The minimum absolute atomic E-state index is 0.124. The summed E-state index contributed by atoms with van der Waals surface area (Å²) in [6.07, 6.45) is 1.68. The first-order valence-electron chi connectivity index (χ1n) is 8.90. The number of carbonyl (C=O) groups is 1. The first kappa shape index (κ1) is 18.6. The molecule has 138 valence electrons. The smallest absolute Gasteiger partial charge is 0.270 e. The molecule has 0 spiro atoms. The van der Waals surface area contributed by atoms with Crippen molar-refractivity contribution in [3.63, 3.8) is 0 Å². The monoisotopic (exact) mass is 363 g/mol. The van der Waals surface area contributed by atoms with Crippen LogP contribution in [0.1, 0.15) is 28.5 Å². The van der Waals surface area contributed by atoms with E-state index >= 15 is 0 Å². The summed E-state index contributed by atoms with van der Waals surface area (Å²) >= 11 is 0. The van der Waals surface area contributed by atoms with E-state index in [0.29, 0.717) is 11.3 Å². The van der Waals surface area contributed by atoms with E-state index in [9.17, 15) is 9.18 Å². The third-order valence-electron chi connectivity index (χ3n) is 4.32. The van der Waals surface area contributed by atoms with E-state index in [1.165, 1.54) is 11.6 Å². The van der Waals surface area contributed by atoms with Crippen LogP contribution in [0.4, 0.5) is 15.8 Å². The number of halogens is 1. The molecule has 1 amide bonds. The summed E-state index contributed by atoms with van der Waals surface area (Å²) < 4.78 is 13.6. The van der Waals surface area contributed by atoms with E-state index in [0.717, 1.165) is 17.9 Å². The predicted molar refractivity (Wildman–Crippen MR) is 106 cm³/mol. The maximum Gasteiger partial charge on any atom is 0.270 e. The number of aromatic nitrogens is 1. The molecule has 1 N–H and O–H groups in total. The summed E-state index contributed by atoms with van der Waals surface area (Å²) in [5.41, 5.74) is 3.92. The van der Waals surface area contributed by atoms with Crippen molar-refractivity contribution in [2.45, 2.75) is 20.4 Å². The molecule has 0 aliphatic rings. The summed E-state index contributed by atoms with van der Waals surface area (Å²) in [7, 11) is 0. The number of pyridine rings is 1. The van der Waals surface area contributed by atoms with Crippen LogP contribution in [-0.4, -0.2) is 17.4 Å². The summed E-state index contributed by atoms with van der Waals surface area (Å²) in [5.74, 6) is -0.666. The van der Waals surface area contributed by atoms with Gasteiger partial charge in [0.05, 0.1) is 11.9 Å². The molecule has 0 bridgehead atoms. The molecule has 0 atom stereocenters. The Labute approximate surface area is 158 Å². The number of nitrogens with one attached hydrogen (secondary N) is 1. The first-order chi connectivity index (χ1) is 13.1. The van der Waals surface area contributed by atoms with Crippen LogP contribution in [0, 0.1) is 12.7 Å². The number of amides is 1. The number of benzene rings is 2. The van der Waals surface area contributed by atoms with Crippen LogP contribution in [0.25, 0.3) is 0 Å². The van der Waals surface area contributed by atoms with Gasteiger partial charge < -0.3 is 10.2 Å². The van der Waals surface area contributed by atoms with E-state index in [2.05, 4.69) is 41.2 Å². The Morgan fingerprint density at radius 3 is 2.56 bits per heavy atom. The van der Waals surface area contributed by atoms with Crippen LogP contribution in [0.3, 0.4) is 0 Å². The highest BCUT2D eigenvalue weighted by molar-refractivity contribution is 5.92. The molecule has 0 saturated carbocycles. The van der Waals surface area contributed by atoms with Crippen LogP contribution < -0.4 is 10.2 Å². The lowest BCUT2D eigenvalue weighted by Crippen LogP contribution is -2.24. The van der Waals surface area contributed by atoms with E-state index in [-0.39, 0.29) is 18.3 Å². The van der Waals surface area contributed by atoms with E-state index in [1.54, 1.807) is 30.5 Å². The van der Waals surface area contributed by atoms with Gasteiger partial charge >= 0.3 is 0 Å². The van der Waals surface area contributed by atoms with Gasteiger partial charge in [0.15, 0.2) is 0 Å². The third kappa shape index (κ3) is 4.50. The van der Waals surface area contributed by atoms with Crippen molar-refractivity contribution in [2.24, 2.45) is 0 Å². The molecule has 5 heteroatoms. The molecule has 3 rings (SSSR count). The number of carbonyl (C=O) groups excluding carboxylic acids is 1. The van der Waals surface area contributed by atoms with Crippen molar-refractivity contribution in [2.75, 3.05) is 11.4 Å². The van der Waals surface area contributed by atoms with Crippen molar-refractivity contribution in [1.82, 2.24) is 10.3 Å². The van der Waals surface area contributed by atoms with Gasteiger partial charge in [0.1, 0.15) is 11.5 Å². The molecule has 0 fully saturated rings. The molecule has 2 aromatic carbocycles. The van der Waals surface area contributed by atoms with E-state index < -0.39 is 0 Å². The molecular weight excluding hydrogens is 341 g/mol. The minimum Gasteiger partial charge on any atom is -0.347 e. The molecule has 0 unspecified atom stereocenters. The maximum absolute atomic E-state index is 13.6. The van der Waals surface area contributed by atoms with Crippen molar-refractivity contribution < 1.29 is 9.18 Å². The number of nitrogens with zero attached hydrogens (tertiary/aromatic N) is 2. The number of rotatable bonds is 6. The lowest BCUT2D eigenvalue weighted by atomic mass is 10.2. The fraction of sp³-hybridized carbons (Fsp3) is 0.182. The molecule has 0 aliphatic carbocycles. The Balaban J connectivity index is 1.70. The van der Waals surface area contributed by atoms with Crippen LogP contribution in [-0.2, 0) is 6.54 Å². The van der Waals surface area contributed by atoms with Crippen molar-refractivity contribution in [3.8, 4) is 0 Å². The van der Waals surface area contributed by atoms with Gasteiger partial charge in [-0.15, -0.1) is 0 Å². The molecule has 0 saturated heterocycles. The zero-order valence-electron chi connectivity index (χ0n) is 15.4. The van der Waals surface area contributed by atoms with Gasteiger partial charge in [0.2, 0.25) is 0 Å². The zero-order valence-corrected chi connectivity index (χ0v) is 15.4. The second-order valence-corrected chi connectivity index (χ2v) is 6.26. The third-order valence-corrected chi connectivity index (χ3v) is 4.32. The second-order valence-electron chi connectivity index (χ2n) is 6.26. The quantitative estimate of drug-likeness (QED) is 0.695. The van der Waals surface area contributed by atoms with Crippen LogP contribution >= 0.6 is 0 Å². The van der Waals surface area contributed by atoms with E-state index in [4.69, 9.17) is 0 Å². The average Bonchev–Trinajstić information content (AvgIpc) is 2.68. The molecule has 27 heavy (non-hydrogen) atoms. The van der Waals surface area contributed by atoms with Gasteiger partial charge in [-0.3, -0.25) is 4.79 Å². The fourth-order valence-electron chi connectivity index (χ4n) is 2.90. The predicted octanol–water partition coefficient (Wildman–Crippen LogP) is 4.62. The highest BCUT2D eigenvalue weighted by Gasteiger charge is 2.11. The van der Waals surface area contributed by atoms with Gasteiger partial charge in [-0.05, 0) is 49.7 Å². The average molecular weight is 363 g/mol. The highest BCUT2D eigenvalue weighted by Crippen LogP contribution is 2.25. The second kappa shape index (κ2) is 8.45. The van der Waals surface area contributed by atoms with Gasteiger partial charge in [0, 0.05) is 24.3 Å². The SMILES string of the molecule is CCN(c1ccc(C(=O)NCc2ccccc2F)nc1)c1cccc(C)c1. The number of anilines is 2. The Morgan fingerprint density at radius 2 is 1.89 bits per heavy atom. The van der Waals surface area contributed by atoms with Gasteiger partial charge in [0.25, 0.3) is 5.91 Å². The highest BCUT2D eigenvalue weighted by atomic mass is 19.1. The summed E-state index contributed by atoms with van der Waals surface area (Å²) in [5, 5.41) is 2.70. The lowest BCUT2D eigenvalue weighted by Gasteiger charge is -2.23. The largest absolute Gasteiger partial charge is 0.347 e. The maximum atomic E-state index is 13.6. The fourth-order valence-corrected chi connectivity index (χ4v) is 2.90. The van der Waals surface area contributed by atoms with E-state index in [1.807, 2.05) is 18.2 Å². The molecule has 1 aromatic heterocycles. The summed E-state index contributed by atoms with van der Waals surface area (Å²) in [6.45, 7) is 5.03. The molecule has 1 heterocycles. The molecule has 4 nitrogen and oxygen atoms in total. The zero-order chi connectivity index (χ0) is 19.2. The van der Waals surface area contributed by atoms with Gasteiger partial charge in [-0.25, -0.2) is 9.37 Å². The Kier molecular flexibility index (Phi) is 5.81. The Morgan fingerprint density at radius 1 is 1.07 bits per heavy atom. The van der Waals surface area contributed by atoms with Crippen molar-refractivity contribution in [3.05, 3.63) is 89.5 Å². The standard InChI is InChI=1S/C22H22FN3O/c1-3-26(18-9-6-7-16(2)13-18)19-11-12-21(24-15-19)22(27)25-14-17-8-4-5-10-20(17)23/h4-13,15H,3,14H2,1-2H3,(H,25,27). The first-order valence-corrected chi connectivity index (χ1v) is 8.90. The van der Waals surface area contributed by atoms with Crippen LogP contribution in [0.5, 0.6) is 0 Å². The Bertz CT molecular complexity index is 925. The minimum atomic E-state index is -0.335. The van der Waals surface area contributed by atoms with Crippen LogP contribution in [0.15, 0.2) is 66.9 Å². The number of hydrogen-bond donors (Lipinski definition) is 1. The Hall–Kier alpha value is -3.21. The van der Waals surface area contributed by atoms with Gasteiger partial charge in [-0.1, -0.05) is 30.3 Å². The molecule has 0 aliphatic heterocycles. The summed E-state index contributed by atoms with van der Waals surface area (Å²) in [6, 6.07) is 18.2. The molecular formula is C22H22FN3O. The number of aryl methyl sites for hydroxylation is 1. The molecule has 3 aromatic rings. The number of hydrogen-bond acceptors (Lipinski definition) is 3. The summed E-state index contributed by atoms with van der Waals surface area (Å²) in [4.78, 5) is 18.7. The van der Waals surface area contributed by atoms with Crippen LogP contribution in [0.2, 0.25) is 0 Å². The molecule has 0 radical (unpaired) electrons.